The maximum absolute atomic E-state index is 13.2. The van der Waals surface area contributed by atoms with Crippen LogP contribution < -0.4 is 17.1 Å². The van der Waals surface area contributed by atoms with Gasteiger partial charge in [0, 0.05) is 0 Å². The van der Waals surface area contributed by atoms with Gasteiger partial charge in [0.25, 0.3) is 0 Å². The zero-order valence-corrected chi connectivity index (χ0v) is 15.4. The number of hydrogen-bond acceptors (Lipinski definition) is 3. The summed E-state index contributed by atoms with van der Waals surface area (Å²) >= 11 is 0. The van der Waals surface area contributed by atoms with Crippen molar-refractivity contribution in [2.75, 3.05) is 0 Å². The van der Waals surface area contributed by atoms with Gasteiger partial charge in [-0.05, 0) is 43.3 Å². The van der Waals surface area contributed by atoms with Crippen LogP contribution in [-0.4, -0.2) is 13.7 Å². The van der Waals surface area contributed by atoms with Crippen LogP contribution in [0.4, 0.5) is 0 Å². The summed E-state index contributed by atoms with van der Waals surface area (Å²) in [5.41, 5.74) is -1.19. The highest BCUT2D eigenvalue weighted by atomic mass is 16.2. The van der Waals surface area contributed by atoms with Crippen molar-refractivity contribution in [2.45, 2.75) is 6.92 Å². The monoisotopic (exact) mass is 373 g/mol. The number of hydrogen-bond donors (Lipinski definition) is 0. The quantitative estimate of drug-likeness (QED) is 0.646. The third kappa shape index (κ3) is 3.35. The highest BCUT2D eigenvalue weighted by molar-refractivity contribution is 5.58. The van der Waals surface area contributed by atoms with Crippen molar-refractivity contribution in [3.05, 3.63) is 123 Å². The van der Waals surface area contributed by atoms with Gasteiger partial charge in [0.05, 0.1) is 17.1 Å². The Balaban J connectivity index is 2.53. The predicted molar refractivity (Wildman–Crippen MR) is 111 cm³/mol. The van der Waals surface area contributed by atoms with Crippen LogP contribution in [0.2, 0.25) is 0 Å². The van der Waals surface area contributed by atoms with E-state index in [0.717, 1.165) is 13.7 Å². The predicted octanol–water partition coefficient (Wildman–Crippen LogP) is 2.75. The molecule has 1 heterocycles. The van der Waals surface area contributed by atoms with Gasteiger partial charge in [-0.15, -0.1) is 0 Å². The Morgan fingerprint density at radius 3 is 1.64 bits per heavy atom. The van der Waals surface area contributed by atoms with E-state index in [1.807, 2.05) is 0 Å². The maximum Gasteiger partial charge on any atom is 0.345 e. The van der Waals surface area contributed by atoms with Crippen LogP contribution in [0.15, 0.2) is 106 Å². The second kappa shape index (κ2) is 8.18. The lowest BCUT2D eigenvalue weighted by atomic mass is 10.3. The second-order valence-electron chi connectivity index (χ2n) is 5.85. The van der Waals surface area contributed by atoms with E-state index < -0.39 is 17.1 Å². The van der Waals surface area contributed by atoms with Gasteiger partial charge in [0.1, 0.15) is 0 Å². The first-order chi connectivity index (χ1) is 13.6. The molecule has 0 atom stereocenters. The van der Waals surface area contributed by atoms with E-state index in [1.54, 1.807) is 79.7 Å². The molecule has 0 radical (unpaired) electrons. The van der Waals surface area contributed by atoms with E-state index in [4.69, 9.17) is 0 Å². The van der Waals surface area contributed by atoms with Crippen molar-refractivity contribution in [1.82, 2.24) is 13.7 Å². The molecule has 28 heavy (non-hydrogen) atoms. The molecule has 1 aromatic heterocycles. The van der Waals surface area contributed by atoms with Crippen LogP contribution in [0.1, 0.15) is 6.92 Å². The van der Waals surface area contributed by atoms with E-state index in [1.165, 1.54) is 12.2 Å². The van der Waals surface area contributed by atoms with Gasteiger partial charge in [0.2, 0.25) is 0 Å². The Hall–Kier alpha value is -3.93. The summed E-state index contributed by atoms with van der Waals surface area (Å²) in [6.45, 7) is 5.41. The fraction of sp³-hybridized carbons (Fsp3) is 0.0455. The molecule has 0 spiro atoms. The number of aromatic nitrogens is 3. The van der Waals surface area contributed by atoms with Gasteiger partial charge in [-0.1, -0.05) is 55.1 Å². The van der Waals surface area contributed by atoms with Gasteiger partial charge in [-0.3, -0.25) is 0 Å². The van der Waals surface area contributed by atoms with Gasteiger partial charge >= 0.3 is 17.1 Å². The van der Waals surface area contributed by atoms with Gasteiger partial charge < -0.3 is 0 Å². The molecule has 0 bridgehead atoms. The molecule has 0 unspecified atom stereocenters. The normalized spacial score (nSPS) is 11.7. The molecule has 0 saturated heterocycles. The van der Waals surface area contributed by atoms with Crippen molar-refractivity contribution >= 4 is 5.70 Å². The zero-order chi connectivity index (χ0) is 20.1. The van der Waals surface area contributed by atoms with Gasteiger partial charge in [-0.25, -0.2) is 28.1 Å². The number of nitrogens with zero attached hydrogens (tertiary/aromatic N) is 3. The highest BCUT2D eigenvalue weighted by Crippen LogP contribution is 2.06. The first-order valence-electron chi connectivity index (χ1n) is 8.68. The molecular formula is C22H19N3O3. The Morgan fingerprint density at radius 1 is 0.786 bits per heavy atom. The van der Waals surface area contributed by atoms with Crippen molar-refractivity contribution < 1.29 is 0 Å². The number of rotatable bonds is 5. The average Bonchev–Trinajstić information content (AvgIpc) is 2.70. The average molecular weight is 373 g/mol. The summed E-state index contributed by atoms with van der Waals surface area (Å²) in [4.78, 5) is 39.5. The van der Waals surface area contributed by atoms with Crippen molar-refractivity contribution in [3.63, 3.8) is 0 Å². The van der Waals surface area contributed by atoms with Crippen molar-refractivity contribution in [2.24, 2.45) is 0 Å². The summed E-state index contributed by atoms with van der Waals surface area (Å²) in [5, 5.41) is 0. The van der Waals surface area contributed by atoms with Gasteiger partial charge in [-0.2, -0.15) is 0 Å². The van der Waals surface area contributed by atoms with E-state index in [-0.39, 0.29) is 0 Å². The number of allylic oxidation sites excluding steroid dienone is 5. The minimum absolute atomic E-state index is 0.307. The number of para-hydroxylation sites is 2. The molecule has 0 aliphatic rings. The summed E-state index contributed by atoms with van der Waals surface area (Å²) in [5.74, 6) is 0. The lowest BCUT2D eigenvalue weighted by Crippen LogP contribution is -2.53. The van der Waals surface area contributed by atoms with E-state index in [9.17, 15) is 14.4 Å². The first kappa shape index (κ1) is 18.8. The molecule has 0 N–H and O–H groups in total. The largest absolute Gasteiger partial charge is 0.345 e. The fourth-order valence-electron chi connectivity index (χ4n) is 2.86. The third-order valence-corrected chi connectivity index (χ3v) is 4.06. The smallest absolute Gasteiger partial charge is 0.246 e. The van der Waals surface area contributed by atoms with Crippen molar-refractivity contribution in [1.29, 1.82) is 0 Å². The molecule has 0 fully saturated rings. The summed E-state index contributed by atoms with van der Waals surface area (Å²) in [7, 11) is 0. The lowest BCUT2D eigenvalue weighted by Gasteiger charge is -2.14. The molecule has 3 rings (SSSR count). The summed E-state index contributed by atoms with van der Waals surface area (Å²) in [6.07, 6.45) is 6.33. The molecule has 0 aliphatic heterocycles. The van der Waals surface area contributed by atoms with E-state index in [2.05, 4.69) is 6.58 Å². The maximum atomic E-state index is 13.2. The molecule has 0 amide bonds. The third-order valence-electron chi connectivity index (χ3n) is 4.06. The first-order valence-corrected chi connectivity index (χ1v) is 8.68. The molecule has 6 heteroatoms. The minimum atomic E-state index is -0.750. The highest BCUT2D eigenvalue weighted by Gasteiger charge is 2.19. The lowest BCUT2D eigenvalue weighted by molar-refractivity contribution is 0.668. The van der Waals surface area contributed by atoms with Gasteiger partial charge in [0.15, 0.2) is 0 Å². The molecular weight excluding hydrogens is 354 g/mol. The van der Waals surface area contributed by atoms with Crippen LogP contribution in [0.25, 0.3) is 17.1 Å². The molecule has 2 aromatic carbocycles. The van der Waals surface area contributed by atoms with E-state index in [0.29, 0.717) is 17.1 Å². The number of benzene rings is 2. The Morgan fingerprint density at radius 2 is 1.25 bits per heavy atom. The second-order valence-corrected chi connectivity index (χ2v) is 5.85. The Bertz CT molecular complexity index is 1150. The molecule has 3 aromatic rings. The van der Waals surface area contributed by atoms with Crippen LogP contribution in [-0.2, 0) is 0 Å². The Labute approximate surface area is 161 Å². The van der Waals surface area contributed by atoms with Crippen LogP contribution in [0, 0.1) is 0 Å². The summed E-state index contributed by atoms with van der Waals surface area (Å²) < 4.78 is 2.92. The molecule has 6 nitrogen and oxygen atoms in total. The van der Waals surface area contributed by atoms with E-state index >= 15 is 0 Å². The molecule has 140 valence electrons. The van der Waals surface area contributed by atoms with Crippen LogP contribution >= 0.6 is 0 Å². The standard InChI is InChI=1S/C22H19N3O3/c1-3-11-17(12-4-2)23-20(26)24(18-13-7-5-8-14-18)22(28)25(21(23)27)19-15-9-6-10-16-19/h3-16H,1H2,2H3/b12-4-,17-11+. The van der Waals surface area contributed by atoms with Crippen molar-refractivity contribution in [3.8, 4) is 11.4 Å². The fourth-order valence-corrected chi connectivity index (χ4v) is 2.86. The molecule has 0 aliphatic carbocycles. The zero-order valence-electron chi connectivity index (χ0n) is 15.4. The topological polar surface area (TPSA) is 66.0 Å². The molecule has 0 saturated carbocycles. The Kier molecular flexibility index (Phi) is 5.50. The van der Waals surface area contributed by atoms with Crippen LogP contribution in [0.5, 0.6) is 0 Å². The summed E-state index contributed by atoms with van der Waals surface area (Å²) in [6, 6.07) is 17.0. The van der Waals surface area contributed by atoms with Crippen LogP contribution in [0.3, 0.4) is 0 Å². The SMILES string of the molecule is C=C/C=C(\C=C/C)n1c(=O)n(-c2ccccc2)c(=O)n(-c2ccccc2)c1=O. The minimum Gasteiger partial charge on any atom is -0.246 e.